The van der Waals surface area contributed by atoms with Crippen LogP contribution in [0.3, 0.4) is 0 Å². The first-order valence-corrected chi connectivity index (χ1v) is 7.95. The fourth-order valence-electron chi connectivity index (χ4n) is 2.73. The number of halogens is 1. The number of nitrogens with one attached hydrogen (secondary N) is 1. The lowest BCUT2D eigenvalue weighted by Crippen LogP contribution is -2.29. The van der Waals surface area contributed by atoms with Gasteiger partial charge in [-0.1, -0.05) is 24.3 Å². The zero-order chi connectivity index (χ0) is 16.2. The van der Waals surface area contributed by atoms with Gasteiger partial charge in [0.15, 0.2) is 0 Å². The Morgan fingerprint density at radius 3 is 2.29 bits per heavy atom. The first-order chi connectivity index (χ1) is 11.2. The normalized spacial score (nSPS) is 14.4. The van der Waals surface area contributed by atoms with E-state index in [4.69, 9.17) is 10.5 Å². The summed E-state index contributed by atoms with van der Waals surface area (Å²) in [5.41, 5.74) is 8.41. The molecule has 1 unspecified atom stereocenters. The molecule has 1 aliphatic rings. The van der Waals surface area contributed by atoms with Crippen LogP contribution in [-0.2, 0) is 6.54 Å². The molecule has 0 heterocycles. The van der Waals surface area contributed by atoms with E-state index in [1.165, 1.54) is 0 Å². The van der Waals surface area contributed by atoms with Crippen LogP contribution in [0.25, 0.3) is 0 Å². The van der Waals surface area contributed by atoms with E-state index in [1.807, 2.05) is 48.5 Å². The standard InChI is InChI=1S/C19H22N2O2.ClH/c1-23-17-10-8-15(9-11-17)18(14-6-7-14)21-19(22)16-4-2-13(12-20)3-5-16;/h2-5,8-11,14,18H,6-7,12,20H2,1H3,(H,21,22);1H. The molecule has 0 spiro atoms. The maximum Gasteiger partial charge on any atom is 0.251 e. The number of carbonyl (C=O) groups is 1. The first kappa shape index (κ1) is 18.3. The molecule has 3 N–H and O–H groups in total. The van der Waals surface area contributed by atoms with E-state index in [0.29, 0.717) is 18.0 Å². The summed E-state index contributed by atoms with van der Waals surface area (Å²) in [7, 11) is 1.65. The molecule has 128 valence electrons. The number of hydrogen-bond donors (Lipinski definition) is 2. The molecule has 0 saturated heterocycles. The van der Waals surface area contributed by atoms with Gasteiger partial charge in [0.25, 0.3) is 5.91 Å². The number of carbonyl (C=O) groups excluding carboxylic acids is 1. The second-order valence-electron chi connectivity index (χ2n) is 5.96. The van der Waals surface area contributed by atoms with Gasteiger partial charge in [-0.05, 0) is 54.2 Å². The van der Waals surface area contributed by atoms with Crippen LogP contribution in [0.1, 0.15) is 40.4 Å². The van der Waals surface area contributed by atoms with Gasteiger partial charge in [0.1, 0.15) is 5.75 Å². The molecule has 0 bridgehead atoms. The van der Waals surface area contributed by atoms with Crippen LogP contribution in [0.4, 0.5) is 0 Å². The summed E-state index contributed by atoms with van der Waals surface area (Å²) in [4.78, 5) is 12.5. The van der Waals surface area contributed by atoms with E-state index < -0.39 is 0 Å². The summed E-state index contributed by atoms with van der Waals surface area (Å²) >= 11 is 0. The zero-order valence-corrected chi connectivity index (χ0v) is 14.5. The van der Waals surface area contributed by atoms with Crippen molar-refractivity contribution in [2.24, 2.45) is 11.7 Å². The van der Waals surface area contributed by atoms with Crippen molar-refractivity contribution in [2.45, 2.75) is 25.4 Å². The van der Waals surface area contributed by atoms with Gasteiger partial charge in [-0.2, -0.15) is 0 Å². The Labute approximate surface area is 148 Å². The summed E-state index contributed by atoms with van der Waals surface area (Å²) in [6.07, 6.45) is 2.31. The number of nitrogens with two attached hydrogens (primary N) is 1. The van der Waals surface area contributed by atoms with E-state index in [2.05, 4.69) is 5.32 Å². The Hall–Kier alpha value is -2.04. The summed E-state index contributed by atoms with van der Waals surface area (Å²) in [5, 5.41) is 3.18. The summed E-state index contributed by atoms with van der Waals surface area (Å²) in [6, 6.07) is 15.4. The van der Waals surface area contributed by atoms with Gasteiger partial charge in [-0.3, -0.25) is 4.79 Å². The fraction of sp³-hybridized carbons (Fsp3) is 0.316. The molecule has 0 aliphatic heterocycles. The van der Waals surface area contributed by atoms with Crippen molar-refractivity contribution in [3.05, 3.63) is 65.2 Å². The van der Waals surface area contributed by atoms with Gasteiger partial charge >= 0.3 is 0 Å². The Kier molecular flexibility index (Phi) is 6.23. The topological polar surface area (TPSA) is 64.3 Å². The Bertz CT molecular complexity index is 667. The minimum absolute atomic E-state index is 0. The molecule has 1 fully saturated rings. The number of amides is 1. The molecule has 24 heavy (non-hydrogen) atoms. The summed E-state index contributed by atoms with van der Waals surface area (Å²) < 4.78 is 5.20. The quantitative estimate of drug-likeness (QED) is 0.842. The van der Waals surface area contributed by atoms with Crippen molar-refractivity contribution < 1.29 is 9.53 Å². The molecular weight excluding hydrogens is 324 g/mol. The molecule has 3 rings (SSSR count). The van der Waals surface area contributed by atoms with Crippen molar-refractivity contribution in [1.29, 1.82) is 0 Å². The third-order valence-corrected chi connectivity index (χ3v) is 4.31. The highest BCUT2D eigenvalue weighted by molar-refractivity contribution is 5.94. The van der Waals surface area contributed by atoms with Gasteiger partial charge in [-0.15, -0.1) is 12.4 Å². The van der Waals surface area contributed by atoms with Crippen molar-refractivity contribution in [3.63, 3.8) is 0 Å². The molecule has 2 aromatic carbocycles. The molecule has 2 aromatic rings. The molecule has 1 saturated carbocycles. The van der Waals surface area contributed by atoms with Crippen molar-refractivity contribution in [1.82, 2.24) is 5.32 Å². The molecule has 5 heteroatoms. The number of hydrogen-bond acceptors (Lipinski definition) is 3. The lowest BCUT2D eigenvalue weighted by atomic mass is 10.0. The van der Waals surface area contributed by atoms with Gasteiger partial charge in [0.05, 0.1) is 13.2 Å². The van der Waals surface area contributed by atoms with Crippen LogP contribution in [-0.4, -0.2) is 13.0 Å². The summed E-state index contributed by atoms with van der Waals surface area (Å²) in [5.74, 6) is 1.31. The molecule has 1 aliphatic carbocycles. The average molecular weight is 347 g/mol. The highest BCUT2D eigenvalue weighted by atomic mass is 35.5. The summed E-state index contributed by atoms with van der Waals surface area (Å²) in [6.45, 7) is 0.485. The highest BCUT2D eigenvalue weighted by Gasteiger charge is 2.33. The molecule has 1 amide bonds. The molecule has 0 aromatic heterocycles. The second kappa shape index (κ2) is 8.18. The van der Waals surface area contributed by atoms with Gasteiger partial charge < -0.3 is 15.8 Å². The van der Waals surface area contributed by atoms with Gasteiger partial charge in [-0.25, -0.2) is 0 Å². The Morgan fingerprint density at radius 1 is 1.17 bits per heavy atom. The minimum Gasteiger partial charge on any atom is -0.497 e. The van der Waals surface area contributed by atoms with E-state index in [9.17, 15) is 4.79 Å². The van der Waals surface area contributed by atoms with Gasteiger partial charge in [0.2, 0.25) is 0 Å². The van der Waals surface area contributed by atoms with Crippen LogP contribution >= 0.6 is 12.4 Å². The first-order valence-electron chi connectivity index (χ1n) is 7.95. The number of methoxy groups -OCH3 is 1. The molecule has 1 atom stereocenters. The van der Waals surface area contributed by atoms with Crippen LogP contribution in [0.2, 0.25) is 0 Å². The highest BCUT2D eigenvalue weighted by Crippen LogP contribution is 2.41. The smallest absolute Gasteiger partial charge is 0.251 e. The average Bonchev–Trinajstić information content (AvgIpc) is 3.44. The third-order valence-electron chi connectivity index (χ3n) is 4.31. The van der Waals surface area contributed by atoms with E-state index in [-0.39, 0.29) is 24.4 Å². The number of rotatable bonds is 6. The largest absolute Gasteiger partial charge is 0.497 e. The lowest BCUT2D eigenvalue weighted by molar-refractivity contribution is 0.0931. The third kappa shape index (κ3) is 4.28. The van der Waals surface area contributed by atoms with E-state index >= 15 is 0 Å². The van der Waals surface area contributed by atoms with Crippen LogP contribution < -0.4 is 15.8 Å². The zero-order valence-electron chi connectivity index (χ0n) is 13.7. The number of benzene rings is 2. The molecular formula is C19H23ClN2O2. The molecule has 4 nitrogen and oxygen atoms in total. The van der Waals surface area contributed by atoms with Crippen LogP contribution in [0.5, 0.6) is 5.75 Å². The SMILES string of the molecule is COc1ccc(C(NC(=O)c2ccc(CN)cc2)C2CC2)cc1.Cl. The van der Waals surface area contributed by atoms with Crippen molar-refractivity contribution in [2.75, 3.05) is 7.11 Å². The van der Waals surface area contributed by atoms with Crippen molar-refractivity contribution in [3.8, 4) is 5.75 Å². The van der Waals surface area contributed by atoms with Crippen LogP contribution in [0.15, 0.2) is 48.5 Å². The van der Waals surface area contributed by atoms with Gasteiger partial charge in [0, 0.05) is 12.1 Å². The number of ether oxygens (including phenoxy) is 1. The predicted octanol–water partition coefficient (Wildman–Crippen LogP) is 3.46. The minimum atomic E-state index is -0.0405. The maximum atomic E-state index is 12.5. The maximum absolute atomic E-state index is 12.5. The van der Waals surface area contributed by atoms with E-state index in [0.717, 1.165) is 29.7 Å². The Morgan fingerprint density at radius 2 is 1.79 bits per heavy atom. The van der Waals surface area contributed by atoms with Crippen molar-refractivity contribution >= 4 is 18.3 Å². The lowest BCUT2D eigenvalue weighted by Gasteiger charge is -2.19. The second-order valence-corrected chi connectivity index (χ2v) is 5.96. The Balaban J connectivity index is 0.00000208. The van der Waals surface area contributed by atoms with Crippen LogP contribution in [0, 0.1) is 5.92 Å². The predicted molar refractivity (Wildman–Crippen MR) is 97.5 cm³/mol. The fourth-order valence-corrected chi connectivity index (χ4v) is 2.73. The molecule has 0 radical (unpaired) electrons. The van der Waals surface area contributed by atoms with E-state index in [1.54, 1.807) is 7.11 Å². The monoisotopic (exact) mass is 346 g/mol.